The summed E-state index contributed by atoms with van der Waals surface area (Å²) in [5.74, 6) is 0. The van der Waals surface area contributed by atoms with Gasteiger partial charge in [0.1, 0.15) is 12.7 Å². The van der Waals surface area contributed by atoms with Crippen LogP contribution in [-0.4, -0.2) is 45.8 Å². The van der Waals surface area contributed by atoms with Crippen LogP contribution in [0.4, 0.5) is 5.69 Å². The number of hydrogen-bond donors (Lipinski definition) is 1. The summed E-state index contributed by atoms with van der Waals surface area (Å²) in [5, 5.41) is 8.58. The number of likely N-dealkylation sites (tertiary alicyclic amines) is 1. The Balaban J connectivity index is 1.82. The molecule has 0 aliphatic carbocycles. The molecule has 2 heterocycles. The molecular weight excluding hydrogens is 286 g/mol. The number of anilines is 1. The molecule has 1 aromatic carbocycles. The molecule has 0 amide bonds. The Kier molecular flexibility index (Phi) is 4.41. The van der Waals surface area contributed by atoms with Gasteiger partial charge in [-0.15, -0.1) is 0 Å². The smallest absolute Gasteiger partial charge is 0.138 e. The third-order valence-electron chi connectivity index (χ3n) is 3.94. The molecular formula is C15H20ClN5. The van der Waals surface area contributed by atoms with Crippen molar-refractivity contribution >= 4 is 17.3 Å². The van der Waals surface area contributed by atoms with E-state index in [4.69, 9.17) is 11.6 Å². The molecule has 2 aromatic rings. The van der Waals surface area contributed by atoms with E-state index >= 15 is 0 Å². The number of aromatic nitrogens is 3. The minimum atomic E-state index is 0.468. The summed E-state index contributed by atoms with van der Waals surface area (Å²) in [6.45, 7) is 2.29. The van der Waals surface area contributed by atoms with Gasteiger partial charge in [0, 0.05) is 11.1 Å². The normalized spacial score (nSPS) is 20.2. The molecule has 0 bridgehead atoms. The molecule has 0 spiro atoms. The predicted molar refractivity (Wildman–Crippen MR) is 85.1 cm³/mol. The molecule has 1 atom stereocenters. The van der Waals surface area contributed by atoms with Gasteiger partial charge in [-0.1, -0.05) is 11.6 Å². The van der Waals surface area contributed by atoms with Gasteiger partial charge in [0.15, 0.2) is 0 Å². The summed E-state index contributed by atoms with van der Waals surface area (Å²) in [6, 6.07) is 6.29. The Morgan fingerprint density at radius 1 is 1.29 bits per heavy atom. The van der Waals surface area contributed by atoms with Crippen LogP contribution in [0.25, 0.3) is 5.69 Å². The highest BCUT2D eigenvalue weighted by molar-refractivity contribution is 6.31. The maximum atomic E-state index is 6.16. The van der Waals surface area contributed by atoms with E-state index in [1.54, 1.807) is 17.3 Å². The van der Waals surface area contributed by atoms with Gasteiger partial charge in [-0.2, -0.15) is 5.10 Å². The molecule has 1 saturated heterocycles. The van der Waals surface area contributed by atoms with Gasteiger partial charge >= 0.3 is 0 Å². The van der Waals surface area contributed by atoms with E-state index in [-0.39, 0.29) is 0 Å². The zero-order chi connectivity index (χ0) is 14.7. The fraction of sp³-hybridized carbons (Fsp3) is 0.467. The fourth-order valence-corrected chi connectivity index (χ4v) is 2.93. The van der Waals surface area contributed by atoms with E-state index in [9.17, 15) is 0 Å². The Bertz CT molecular complexity index is 584. The summed E-state index contributed by atoms with van der Waals surface area (Å²) in [4.78, 5) is 6.41. The van der Waals surface area contributed by atoms with Crippen molar-refractivity contribution in [3.05, 3.63) is 35.9 Å². The van der Waals surface area contributed by atoms with Gasteiger partial charge in [-0.3, -0.25) is 0 Å². The summed E-state index contributed by atoms with van der Waals surface area (Å²) in [7, 11) is 2.18. The second-order valence-corrected chi connectivity index (χ2v) is 6.01. The van der Waals surface area contributed by atoms with E-state index in [0.29, 0.717) is 6.04 Å². The molecule has 21 heavy (non-hydrogen) atoms. The van der Waals surface area contributed by atoms with Crippen molar-refractivity contribution in [2.24, 2.45) is 0 Å². The molecule has 1 N–H and O–H groups in total. The maximum absolute atomic E-state index is 6.16. The van der Waals surface area contributed by atoms with E-state index in [1.807, 2.05) is 18.2 Å². The number of hydrogen-bond acceptors (Lipinski definition) is 4. The van der Waals surface area contributed by atoms with E-state index < -0.39 is 0 Å². The van der Waals surface area contributed by atoms with Crippen molar-refractivity contribution in [1.29, 1.82) is 0 Å². The molecule has 0 saturated carbocycles. The zero-order valence-electron chi connectivity index (χ0n) is 12.2. The SMILES string of the molecule is CN1CCCC(Nc2cc(Cl)ccc2-n2cncn2)CC1. The number of benzene rings is 1. The van der Waals surface area contributed by atoms with E-state index in [0.717, 1.165) is 29.4 Å². The molecule has 0 radical (unpaired) electrons. The predicted octanol–water partition coefficient (Wildman–Crippen LogP) is 2.82. The Morgan fingerprint density at radius 3 is 3.00 bits per heavy atom. The lowest BCUT2D eigenvalue weighted by molar-refractivity contribution is 0.348. The fourth-order valence-electron chi connectivity index (χ4n) is 2.76. The first kappa shape index (κ1) is 14.4. The van der Waals surface area contributed by atoms with Crippen LogP contribution in [0.2, 0.25) is 5.02 Å². The third kappa shape index (κ3) is 3.54. The average Bonchev–Trinajstić information content (AvgIpc) is 2.91. The lowest BCUT2D eigenvalue weighted by Gasteiger charge is -2.20. The van der Waals surface area contributed by atoms with Crippen LogP contribution in [0.5, 0.6) is 0 Å². The van der Waals surface area contributed by atoms with Crippen molar-refractivity contribution in [1.82, 2.24) is 19.7 Å². The first-order chi connectivity index (χ1) is 10.2. The minimum Gasteiger partial charge on any atom is -0.380 e. The third-order valence-corrected chi connectivity index (χ3v) is 4.17. The Labute approximate surface area is 129 Å². The van der Waals surface area contributed by atoms with Gasteiger partial charge in [0.2, 0.25) is 0 Å². The highest BCUT2D eigenvalue weighted by atomic mass is 35.5. The van der Waals surface area contributed by atoms with Crippen molar-refractivity contribution in [3.63, 3.8) is 0 Å². The quantitative estimate of drug-likeness (QED) is 0.947. The number of halogens is 1. The highest BCUT2D eigenvalue weighted by Crippen LogP contribution is 2.26. The number of nitrogens with zero attached hydrogens (tertiary/aromatic N) is 4. The molecule has 1 aromatic heterocycles. The van der Waals surface area contributed by atoms with Crippen molar-refractivity contribution in [3.8, 4) is 5.69 Å². The largest absolute Gasteiger partial charge is 0.380 e. The number of rotatable bonds is 3. The molecule has 1 unspecified atom stereocenters. The van der Waals surface area contributed by atoms with Gasteiger partial charge in [-0.05, 0) is 57.6 Å². The van der Waals surface area contributed by atoms with Crippen molar-refractivity contribution in [2.75, 3.05) is 25.5 Å². The van der Waals surface area contributed by atoms with Gasteiger partial charge < -0.3 is 10.2 Å². The molecule has 3 rings (SSSR count). The molecule has 6 heteroatoms. The molecule has 1 aliphatic heterocycles. The second kappa shape index (κ2) is 6.45. The van der Waals surface area contributed by atoms with Gasteiger partial charge in [0.25, 0.3) is 0 Å². The first-order valence-corrected chi connectivity index (χ1v) is 7.70. The van der Waals surface area contributed by atoms with Crippen LogP contribution in [-0.2, 0) is 0 Å². The monoisotopic (exact) mass is 305 g/mol. The van der Waals surface area contributed by atoms with Crippen LogP contribution in [0.1, 0.15) is 19.3 Å². The summed E-state index contributed by atoms with van der Waals surface area (Å²) in [6.07, 6.45) is 6.77. The highest BCUT2D eigenvalue weighted by Gasteiger charge is 2.16. The number of nitrogens with one attached hydrogen (secondary N) is 1. The van der Waals surface area contributed by atoms with Crippen LogP contribution in [0, 0.1) is 0 Å². The maximum Gasteiger partial charge on any atom is 0.138 e. The lowest BCUT2D eigenvalue weighted by Crippen LogP contribution is -2.23. The lowest BCUT2D eigenvalue weighted by atomic mass is 10.1. The molecule has 112 valence electrons. The average molecular weight is 306 g/mol. The zero-order valence-corrected chi connectivity index (χ0v) is 12.9. The van der Waals surface area contributed by atoms with Crippen LogP contribution in [0.3, 0.4) is 0 Å². The molecule has 1 aliphatic rings. The van der Waals surface area contributed by atoms with Crippen molar-refractivity contribution in [2.45, 2.75) is 25.3 Å². The van der Waals surface area contributed by atoms with Crippen molar-refractivity contribution < 1.29 is 0 Å². The summed E-state index contributed by atoms with van der Waals surface area (Å²) < 4.78 is 1.77. The van der Waals surface area contributed by atoms with Crippen LogP contribution >= 0.6 is 11.6 Å². The van der Waals surface area contributed by atoms with E-state index in [2.05, 4.69) is 27.3 Å². The Hall–Kier alpha value is -1.59. The van der Waals surface area contributed by atoms with E-state index in [1.165, 1.54) is 19.4 Å². The van der Waals surface area contributed by atoms with Gasteiger partial charge in [-0.25, -0.2) is 9.67 Å². The van der Waals surface area contributed by atoms with Crippen LogP contribution in [0.15, 0.2) is 30.9 Å². The Morgan fingerprint density at radius 2 is 2.19 bits per heavy atom. The first-order valence-electron chi connectivity index (χ1n) is 7.32. The summed E-state index contributed by atoms with van der Waals surface area (Å²) >= 11 is 6.16. The second-order valence-electron chi connectivity index (χ2n) is 5.58. The van der Waals surface area contributed by atoms with Crippen LogP contribution < -0.4 is 5.32 Å². The molecule has 5 nitrogen and oxygen atoms in total. The topological polar surface area (TPSA) is 46.0 Å². The standard InChI is InChI=1S/C15H20ClN5/c1-20-7-2-3-13(6-8-20)19-14-9-12(16)4-5-15(14)21-11-17-10-18-21/h4-5,9-11,13,19H,2-3,6-8H2,1H3. The molecule has 1 fully saturated rings. The summed E-state index contributed by atoms with van der Waals surface area (Å²) in [5.41, 5.74) is 2.00. The minimum absolute atomic E-state index is 0.468. The van der Waals surface area contributed by atoms with Gasteiger partial charge in [0.05, 0.1) is 11.4 Å².